The van der Waals surface area contributed by atoms with E-state index in [0.717, 1.165) is 12.1 Å². The first-order valence-corrected chi connectivity index (χ1v) is 5.10. The third-order valence-corrected chi connectivity index (χ3v) is 2.59. The molecular formula is C10H7Cl2NO4. The van der Waals surface area contributed by atoms with Gasteiger partial charge in [0, 0.05) is 12.1 Å². The first-order chi connectivity index (χ1) is 7.95. The zero-order valence-corrected chi connectivity index (χ0v) is 10.2. The van der Waals surface area contributed by atoms with E-state index >= 15 is 0 Å². The van der Waals surface area contributed by atoms with Gasteiger partial charge in [-0.05, 0) is 12.1 Å². The molecule has 0 spiro atoms. The number of nitro benzene ring substituents is 1. The fraction of sp³-hybridized carbons (Fsp3) is 0.100. The zero-order valence-electron chi connectivity index (χ0n) is 8.65. The Morgan fingerprint density at radius 3 is 2.53 bits per heavy atom. The van der Waals surface area contributed by atoms with Crippen molar-refractivity contribution in [2.75, 3.05) is 7.11 Å². The van der Waals surface area contributed by atoms with E-state index in [1.165, 1.54) is 19.3 Å². The monoisotopic (exact) mass is 275 g/mol. The number of halogens is 2. The summed E-state index contributed by atoms with van der Waals surface area (Å²) < 4.78 is 4.37. The third-order valence-electron chi connectivity index (χ3n) is 1.87. The lowest BCUT2D eigenvalue weighted by atomic mass is 10.1. The van der Waals surface area contributed by atoms with Gasteiger partial charge >= 0.3 is 5.97 Å². The molecule has 1 aromatic carbocycles. The molecule has 17 heavy (non-hydrogen) atoms. The van der Waals surface area contributed by atoms with Crippen molar-refractivity contribution in [3.63, 3.8) is 0 Å². The van der Waals surface area contributed by atoms with Crippen LogP contribution in [0.5, 0.6) is 0 Å². The first-order valence-electron chi connectivity index (χ1n) is 4.35. The molecule has 0 saturated carbocycles. The fourth-order valence-electron chi connectivity index (χ4n) is 1.07. The molecule has 0 aromatic heterocycles. The summed E-state index contributed by atoms with van der Waals surface area (Å²) in [7, 11) is 1.20. The summed E-state index contributed by atoms with van der Waals surface area (Å²) >= 11 is 11.4. The number of ether oxygens (including phenoxy) is 1. The van der Waals surface area contributed by atoms with Crippen LogP contribution in [0.3, 0.4) is 0 Å². The van der Waals surface area contributed by atoms with E-state index in [9.17, 15) is 14.9 Å². The van der Waals surface area contributed by atoms with Crippen LogP contribution in [0.1, 0.15) is 5.56 Å². The number of methoxy groups -OCH3 is 1. The molecule has 0 unspecified atom stereocenters. The van der Waals surface area contributed by atoms with Crippen LogP contribution >= 0.6 is 23.2 Å². The molecule has 5 nitrogen and oxygen atoms in total. The summed E-state index contributed by atoms with van der Waals surface area (Å²) in [6.07, 6.45) is 2.30. The average Bonchev–Trinajstić information content (AvgIpc) is 2.29. The molecule has 7 heteroatoms. The molecule has 1 aromatic rings. The SMILES string of the molecule is COC(=O)/C=C/c1cc(Cl)c(Cl)cc1[N+](=O)[O-]. The summed E-state index contributed by atoms with van der Waals surface area (Å²) in [6.45, 7) is 0. The average molecular weight is 276 g/mol. The van der Waals surface area contributed by atoms with E-state index in [1.807, 2.05) is 0 Å². The molecule has 0 aliphatic carbocycles. The van der Waals surface area contributed by atoms with Crippen molar-refractivity contribution in [1.82, 2.24) is 0 Å². The molecule has 90 valence electrons. The molecule has 0 amide bonds. The Kier molecular flexibility index (Phi) is 4.48. The van der Waals surface area contributed by atoms with Crippen molar-refractivity contribution in [2.24, 2.45) is 0 Å². The third kappa shape index (κ3) is 3.44. The minimum Gasteiger partial charge on any atom is -0.466 e. The molecule has 0 fully saturated rings. The second-order valence-electron chi connectivity index (χ2n) is 2.94. The topological polar surface area (TPSA) is 69.4 Å². The highest BCUT2D eigenvalue weighted by atomic mass is 35.5. The van der Waals surface area contributed by atoms with Gasteiger partial charge in [0.25, 0.3) is 5.69 Å². The van der Waals surface area contributed by atoms with Crippen molar-refractivity contribution in [3.8, 4) is 0 Å². The molecule has 0 radical (unpaired) electrons. The lowest BCUT2D eigenvalue weighted by Crippen LogP contribution is -1.95. The number of hydrogen-bond donors (Lipinski definition) is 0. The van der Waals surface area contributed by atoms with Crippen LogP contribution < -0.4 is 0 Å². The molecular weight excluding hydrogens is 269 g/mol. The predicted molar refractivity (Wildman–Crippen MR) is 64.2 cm³/mol. The molecule has 0 saturated heterocycles. The normalized spacial score (nSPS) is 10.5. The lowest BCUT2D eigenvalue weighted by molar-refractivity contribution is -0.385. The van der Waals surface area contributed by atoms with E-state index < -0.39 is 10.9 Å². The van der Waals surface area contributed by atoms with E-state index in [1.54, 1.807) is 0 Å². The summed E-state index contributed by atoms with van der Waals surface area (Å²) in [6, 6.07) is 2.43. The summed E-state index contributed by atoms with van der Waals surface area (Å²) in [4.78, 5) is 21.0. The van der Waals surface area contributed by atoms with Crippen molar-refractivity contribution in [1.29, 1.82) is 0 Å². The van der Waals surface area contributed by atoms with Crippen LogP contribution in [0, 0.1) is 10.1 Å². The van der Waals surface area contributed by atoms with Crippen LogP contribution in [0.4, 0.5) is 5.69 Å². The van der Waals surface area contributed by atoms with Crippen molar-refractivity contribution in [2.45, 2.75) is 0 Å². The number of hydrogen-bond acceptors (Lipinski definition) is 4. The molecule has 0 aliphatic rings. The number of carbonyl (C=O) groups excluding carboxylic acids is 1. The quantitative estimate of drug-likeness (QED) is 0.368. The standard InChI is InChI=1S/C10H7Cl2NO4/c1-17-10(14)3-2-6-4-7(11)8(12)5-9(6)13(15)16/h2-5H,1H3/b3-2+. The maximum Gasteiger partial charge on any atom is 0.330 e. The number of nitrogens with zero attached hydrogens (tertiary/aromatic N) is 1. The smallest absolute Gasteiger partial charge is 0.330 e. The van der Waals surface area contributed by atoms with Crippen LogP contribution in [-0.2, 0) is 9.53 Å². The van der Waals surface area contributed by atoms with Gasteiger partial charge in [-0.15, -0.1) is 0 Å². The van der Waals surface area contributed by atoms with Crippen LogP contribution in [0.25, 0.3) is 6.08 Å². The highest BCUT2D eigenvalue weighted by molar-refractivity contribution is 6.42. The Morgan fingerprint density at radius 1 is 1.41 bits per heavy atom. The van der Waals surface area contributed by atoms with Crippen LogP contribution in [0.2, 0.25) is 10.0 Å². The van der Waals surface area contributed by atoms with Gasteiger partial charge in [-0.2, -0.15) is 0 Å². The van der Waals surface area contributed by atoms with Crippen molar-refractivity contribution in [3.05, 3.63) is 43.9 Å². The van der Waals surface area contributed by atoms with Gasteiger partial charge in [-0.25, -0.2) is 4.79 Å². The fourth-order valence-corrected chi connectivity index (χ4v) is 1.40. The van der Waals surface area contributed by atoms with E-state index in [2.05, 4.69) is 4.74 Å². The Bertz CT molecular complexity index is 499. The number of carbonyl (C=O) groups is 1. The van der Waals surface area contributed by atoms with Gasteiger partial charge in [0.05, 0.1) is 27.6 Å². The lowest BCUT2D eigenvalue weighted by Gasteiger charge is -2.00. The summed E-state index contributed by atoms with van der Waals surface area (Å²) in [5.74, 6) is -0.620. The van der Waals surface area contributed by atoms with Crippen molar-refractivity contribution >= 4 is 40.9 Å². The summed E-state index contributed by atoms with van der Waals surface area (Å²) in [5.41, 5.74) is -0.0608. The maximum absolute atomic E-state index is 10.9. The molecule has 0 N–H and O–H groups in total. The summed E-state index contributed by atoms with van der Waals surface area (Å²) in [5, 5.41) is 11.0. The minimum atomic E-state index is -0.620. The molecule has 0 bridgehead atoms. The Labute approximate surface area is 107 Å². The van der Waals surface area contributed by atoms with Crippen LogP contribution in [-0.4, -0.2) is 18.0 Å². The number of nitro groups is 1. The van der Waals surface area contributed by atoms with Gasteiger partial charge in [0.15, 0.2) is 0 Å². The second kappa shape index (κ2) is 5.65. The Balaban J connectivity index is 3.22. The molecule has 0 atom stereocenters. The van der Waals surface area contributed by atoms with Gasteiger partial charge in [0.1, 0.15) is 0 Å². The number of esters is 1. The van der Waals surface area contributed by atoms with E-state index in [-0.39, 0.29) is 21.3 Å². The largest absolute Gasteiger partial charge is 0.466 e. The molecule has 0 heterocycles. The first kappa shape index (κ1) is 13.5. The van der Waals surface area contributed by atoms with Crippen molar-refractivity contribution < 1.29 is 14.5 Å². The van der Waals surface area contributed by atoms with Gasteiger partial charge in [0.2, 0.25) is 0 Å². The highest BCUT2D eigenvalue weighted by Crippen LogP contribution is 2.31. The zero-order chi connectivity index (χ0) is 13.0. The number of rotatable bonds is 3. The van der Waals surface area contributed by atoms with Gasteiger partial charge < -0.3 is 4.74 Å². The Morgan fingerprint density at radius 2 is 2.00 bits per heavy atom. The van der Waals surface area contributed by atoms with E-state index in [0.29, 0.717) is 0 Å². The van der Waals surface area contributed by atoms with Crippen LogP contribution in [0.15, 0.2) is 18.2 Å². The highest BCUT2D eigenvalue weighted by Gasteiger charge is 2.15. The van der Waals surface area contributed by atoms with Gasteiger partial charge in [-0.3, -0.25) is 10.1 Å². The second-order valence-corrected chi connectivity index (χ2v) is 3.75. The maximum atomic E-state index is 10.9. The Hall–Kier alpha value is -1.59. The van der Waals surface area contributed by atoms with E-state index in [4.69, 9.17) is 23.2 Å². The predicted octanol–water partition coefficient (Wildman–Crippen LogP) is 3.09. The number of benzene rings is 1. The molecule has 1 rings (SSSR count). The minimum absolute atomic E-state index is 0.0774. The molecule has 0 aliphatic heterocycles. The van der Waals surface area contributed by atoms with Gasteiger partial charge in [-0.1, -0.05) is 23.2 Å².